The molecule has 0 aliphatic heterocycles. The smallest absolute Gasteiger partial charge is 0.268 e. The maximum Gasteiger partial charge on any atom is 0.268 e. The molecule has 9 heteroatoms. The average Bonchev–Trinajstić information content (AvgIpc) is 3.15. The second kappa shape index (κ2) is 38.9. The molecule has 3 atom stereocenters. The van der Waals surface area contributed by atoms with Gasteiger partial charge in [-0.3, -0.25) is 9.36 Å². The van der Waals surface area contributed by atoms with Crippen LogP contribution in [0, 0.1) is 0 Å². The molecular weight excluding hydrogens is 719 g/mol. The number of allylic oxidation sites excluding steroid dienone is 8. The molecule has 8 nitrogen and oxygen atoms in total. The Balaban J connectivity index is 4.44. The molecule has 1 amide bonds. The summed E-state index contributed by atoms with van der Waals surface area (Å²) >= 11 is 0. The SMILES string of the molecule is CCCCCCCCC/C=C/C/C=C/C/C=C/C/C=C/CCCC(=O)N[C@@H](COP(=O)([O-])OCC[N+](C)(C)C)[C@H](O)CCCCCCCCCCCCCCC. The van der Waals surface area contributed by atoms with Crippen LogP contribution in [0.1, 0.15) is 194 Å². The summed E-state index contributed by atoms with van der Waals surface area (Å²) in [6.45, 7) is 4.66. The largest absolute Gasteiger partial charge is 0.756 e. The van der Waals surface area contributed by atoms with Gasteiger partial charge in [-0.05, 0) is 51.4 Å². The van der Waals surface area contributed by atoms with Gasteiger partial charge in [0.15, 0.2) is 0 Å². The summed E-state index contributed by atoms with van der Waals surface area (Å²) in [4.78, 5) is 25.3. The van der Waals surface area contributed by atoms with Crippen LogP contribution in [0.25, 0.3) is 0 Å². The third kappa shape index (κ3) is 40.6. The molecule has 0 heterocycles. The minimum atomic E-state index is -4.58. The Hall–Kier alpha value is -1.54. The first-order valence-corrected chi connectivity index (χ1v) is 24.4. The van der Waals surface area contributed by atoms with Gasteiger partial charge in [0.25, 0.3) is 7.82 Å². The molecule has 0 aromatic rings. The zero-order valence-electron chi connectivity index (χ0n) is 37.1. The topological polar surface area (TPSA) is 108 Å². The van der Waals surface area contributed by atoms with Crippen LogP contribution in [0.5, 0.6) is 0 Å². The minimum absolute atomic E-state index is 0.000461. The minimum Gasteiger partial charge on any atom is -0.756 e. The van der Waals surface area contributed by atoms with Crippen molar-refractivity contribution in [2.75, 3.05) is 40.9 Å². The van der Waals surface area contributed by atoms with Crippen molar-refractivity contribution in [2.45, 2.75) is 206 Å². The Morgan fingerprint density at radius 2 is 1.04 bits per heavy atom. The van der Waals surface area contributed by atoms with E-state index in [1.54, 1.807) is 0 Å². The highest BCUT2D eigenvalue weighted by Crippen LogP contribution is 2.38. The monoisotopic (exact) mass is 809 g/mol. The number of carbonyl (C=O) groups is 1. The molecule has 328 valence electrons. The van der Waals surface area contributed by atoms with E-state index in [1.165, 1.54) is 116 Å². The molecule has 0 fully saturated rings. The van der Waals surface area contributed by atoms with E-state index in [2.05, 4.69) is 67.8 Å². The highest BCUT2D eigenvalue weighted by Gasteiger charge is 2.24. The zero-order valence-corrected chi connectivity index (χ0v) is 38.0. The maximum atomic E-state index is 12.9. The Morgan fingerprint density at radius 3 is 1.50 bits per heavy atom. The first kappa shape index (κ1) is 54.5. The Kier molecular flexibility index (Phi) is 37.9. The van der Waals surface area contributed by atoms with Crippen LogP contribution in [0.2, 0.25) is 0 Å². The summed E-state index contributed by atoms with van der Waals surface area (Å²) in [7, 11) is 1.26. The fourth-order valence-corrected chi connectivity index (χ4v) is 7.11. The predicted molar refractivity (Wildman–Crippen MR) is 238 cm³/mol. The van der Waals surface area contributed by atoms with Crippen LogP contribution in [0.3, 0.4) is 0 Å². The highest BCUT2D eigenvalue weighted by atomic mass is 31.2. The van der Waals surface area contributed by atoms with Crippen LogP contribution in [-0.2, 0) is 18.4 Å². The number of hydrogen-bond donors (Lipinski definition) is 2. The summed E-state index contributed by atoms with van der Waals surface area (Å²) in [6, 6.07) is -0.829. The number of phosphoric acid groups is 1. The van der Waals surface area contributed by atoms with Gasteiger partial charge in [0.2, 0.25) is 5.91 Å². The van der Waals surface area contributed by atoms with Crippen molar-refractivity contribution in [2.24, 2.45) is 0 Å². The summed E-state index contributed by atoms with van der Waals surface area (Å²) in [5, 5.41) is 13.9. The molecule has 0 aliphatic carbocycles. The van der Waals surface area contributed by atoms with E-state index < -0.39 is 20.0 Å². The third-order valence-electron chi connectivity index (χ3n) is 10.1. The number of quaternary nitrogens is 1. The second-order valence-corrected chi connectivity index (χ2v) is 18.2. The van der Waals surface area contributed by atoms with E-state index in [4.69, 9.17) is 9.05 Å². The Bertz CT molecular complexity index is 1050. The Morgan fingerprint density at radius 1 is 0.625 bits per heavy atom. The van der Waals surface area contributed by atoms with Crippen LogP contribution in [0.15, 0.2) is 48.6 Å². The van der Waals surface area contributed by atoms with Gasteiger partial charge in [-0.1, -0.05) is 184 Å². The van der Waals surface area contributed by atoms with E-state index in [0.29, 0.717) is 23.9 Å². The van der Waals surface area contributed by atoms with Crippen molar-refractivity contribution < 1.29 is 32.9 Å². The predicted octanol–water partition coefficient (Wildman–Crippen LogP) is 12.2. The average molecular weight is 809 g/mol. The number of hydrogen-bond acceptors (Lipinski definition) is 6. The number of phosphoric ester groups is 1. The number of aliphatic hydroxyl groups is 1. The van der Waals surface area contributed by atoms with E-state index >= 15 is 0 Å². The lowest BCUT2D eigenvalue weighted by molar-refractivity contribution is -0.870. The van der Waals surface area contributed by atoms with Gasteiger partial charge in [-0.2, -0.15) is 0 Å². The van der Waals surface area contributed by atoms with Crippen molar-refractivity contribution in [3.8, 4) is 0 Å². The fraction of sp³-hybridized carbons (Fsp3) is 0.809. The number of amides is 1. The van der Waals surface area contributed by atoms with Gasteiger partial charge in [-0.25, -0.2) is 0 Å². The first-order chi connectivity index (χ1) is 27.0. The van der Waals surface area contributed by atoms with E-state index in [9.17, 15) is 19.4 Å². The molecule has 2 N–H and O–H groups in total. The number of likely N-dealkylation sites (N-methyl/N-ethyl adjacent to an activating group) is 1. The molecule has 56 heavy (non-hydrogen) atoms. The molecule has 0 rings (SSSR count). The van der Waals surface area contributed by atoms with Crippen LogP contribution < -0.4 is 10.2 Å². The van der Waals surface area contributed by atoms with Crippen molar-refractivity contribution in [1.82, 2.24) is 5.32 Å². The quantitative estimate of drug-likeness (QED) is 0.0276. The van der Waals surface area contributed by atoms with Crippen molar-refractivity contribution in [3.05, 3.63) is 48.6 Å². The van der Waals surface area contributed by atoms with E-state index in [0.717, 1.165) is 44.9 Å². The fourth-order valence-electron chi connectivity index (χ4n) is 6.38. The summed E-state index contributed by atoms with van der Waals surface area (Å²) in [6.07, 6.45) is 48.4. The number of aliphatic hydroxyl groups excluding tert-OH is 1. The molecule has 0 aromatic carbocycles. The standard InChI is InChI=1S/C47H89N2O6P/c1-6-8-10-12-14-16-18-20-21-22-23-24-25-26-27-29-31-33-35-37-39-41-47(51)48-45(44-55-56(52,53)54-43-42-49(3,4)5)46(50)40-38-36-34-32-30-28-19-17-15-13-11-9-7-2/h21-22,24-25,27,29,33,35,45-46,50H,6-20,23,26,28,30-32,34,36-44H2,1-5H3,(H-,48,51,52,53)/b22-21+,25-24+,29-27+,35-33+/t45-,46+/m0/s1. The zero-order chi connectivity index (χ0) is 41.4. The lowest BCUT2D eigenvalue weighted by atomic mass is 10.0. The van der Waals surface area contributed by atoms with Crippen molar-refractivity contribution >= 4 is 13.7 Å². The van der Waals surface area contributed by atoms with Crippen LogP contribution in [0.4, 0.5) is 0 Å². The first-order valence-electron chi connectivity index (χ1n) is 23.0. The molecule has 0 aliphatic rings. The van der Waals surface area contributed by atoms with Gasteiger partial charge in [0.1, 0.15) is 13.2 Å². The number of nitrogens with zero attached hydrogens (tertiary/aromatic N) is 1. The maximum absolute atomic E-state index is 12.9. The highest BCUT2D eigenvalue weighted by molar-refractivity contribution is 7.45. The molecule has 0 bridgehead atoms. The number of unbranched alkanes of at least 4 members (excludes halogenated alkanes) is 20. The number of carbonyl (C=O) groups excluding carboxylic acids is 1. The summed E-state index contributed by atoms with van der Waals surface area (Å²) in [5.74, 6) is -0.220. The lowest BCUT2D eigenvalue weighted by Gasteiger charge is -2.30. The van der Waals surface area contributed by atoms with Gasteiger partial charge < -0.3 is 28.8 Å². The molecule has 0 spiro atoms. The molecule has 0 radical (unpaired) electrons. The van der Waals surface area contributed by atoms with Crippen LogP contribution >= 0.6 is 7.82 Å². The van der Waals surface area contributed by atoms with Crippen molar-refractivity contribution in [1.29, 1.82) is 0 Å². The lowest BCUT2D eigenvalue weighted by Crippen LogP contribution is -2.46. The molecule has 1 unspecified atom stereocenters. The van der Waals surface area contributed by atoms with Crippen molar-refractivity contribution in [3.63, 3.8) is 0 Å². The molecule has 0 saturated carbocycles. The Labute approximate surface area is 346 Å². The number of nitrogens with one attached hydrogen (secondary N) is 1. The summed E-state index contributed by atoms with van der Waals surface area (Å²) in [5.41, 5.74) is 0. The normalized spacial score (nSPS) is 14.8. The van der Waals surface area contributed by atoms with Crippen LogP contribution in [-0.4, -0.2) is 68.5 Å². The number of rotatable bonds is 41. The van der Waals surface area contributed by atoms with Gasteiger partial charge in [-0.15, -0.1) is 0 Å². The van der Waals surface area contributed by atoms with Gasteiger partial charge in [0.05, 0.1) is 39.9 Å². The molecule has 0 aromatic heterocycles. The van der Waals surface area contributed by atoms with E-state index in [-0.39, 0.29) is 25.5 Å². The van der Waals surface area contributed by atoms with Gasteiger partial charge in [0, 0.05) is 6.42 Å². The third-order valence-corrected chi connectivity index (χ3v) is 11.0. The van der Waals surface area contributed by atoms with E-state index in [1.807, 2.05) is 21.1 Å². The summed E-state index contributed by atoms with van der Waals surface area (Å²) < 4.78 is 23.2. The van der Waals surface area contributed by atoms with Gasteiger partial charge >= 0.3 is 0 Å². The second-order valence-electron chi connectivity index (χ2n) is 16.8. The molecular formula is C47H89N2O6P. The molecule has 0 saturated heterocycles.